The molecule has 0 fully saturated rings. The summed E-state index contributed by atoms with van der Waals surface area (Å²) in [5, 5.41) is 11.7. The van der Waals surface area contributed by atoms with Crippen molar-refractivity contribution >= 4 is 11.9 Å². The molecule has 1 rings (SSSR count). The number of hydrogen-bond donors (Lipinski definition) is 2. The van der Waals surface area contributed by atoms with Crippen LogP contribution in [0.5, 0.6) is 0 Å². The molecule has 2 N–H and O–H groups in total. The highest BCUT2D eigenvalue weighted by atomic mass is 16.4. The maximum atomic E-state index is 11.7. The molecule has 3 atom stereocenters. The van der Waals surface area contributed by atoms with Gasteiger partial charge in [-0.2, -0.15) is 0 Å². The molecule has 1 amide bonds. The van der Waals surface area contributed by atoms with Crippen LogP contribution in [0.3, 0.4) is 0 Å². The lowest BCUT2D eigenvalue weighted by atomic mass is 10.0. The third kappa shape index (κ3) is 3.36. The molecule has 0 spiro atoms. The first-order chi connectivity index (χ1) is 7.54. The van der Waals surface area contributed by atoms with Crippen molar-refractivity contribution in [3.05, 3.63) is 12.2 Å². The molecular formula is C12H19NO3. The van der Waals surface area contributed by atoms with E-state index in [-0.39, 0.29) is 17.9 Å². The highest BCUT2D eigenvalue weighted by Crippen LogP contribution is 2.18. The number of carboxylic acid groups (broad SMARTS) is 1. The summed E-state index contributed by atoms with van der Waals surface area (Å²) in [5.41, 5.74) is 0. The lowest BCUT2D eigenvalue weighted by molar-refractivity contribution is -0.140. The van der Waals surface area contributed by atoms with Crippen molar-refractivity contribution in [3.63, 3.8) is 0 Å². The van der Waals surface area contributed by atoms with Crippen molar-refractivity contribution in [2.45, 2.75) is 39.2 Å². The Labute approximate surface area is 95.7 Å². The van der Waals surface area contributed by atoms with E-state index >= 15 is 0 Å². The van der Waals surface area contributed by atoms with Crippen LogP contribution < -0.4 is 5.32 Å². The number of rotatable bonds is 5. The SMILES string of the molecule is CCCC(C)C(=O)NC1C=CC(C(=O)O)C1. The molecule has 0 aromatic heterocycles. The second-order valence-electron chi connectivity index (χ2n) is 4.37. The molecule has 0 aromatic carbocycles. The molecule has 0 saturated heterocycles. The zero-order chi connectivity index (χ0) is 12.1. The first kappa shape index (κ1) is 12.7. The largest absolute Gasteiger partial charge is 0.481 e. The zero-order valence-corrected chi connectivity index (χ0v) is 9.77. The van der Waals surface area contributed by atoms with Crippen LogP contribution in [0.2, 0.25) is 0 Å². The summed E-state index contributed by atoms with van der Waals surface area (Å²) in [7, 11) is 0. The number of aliphatic carboxylic acids is 1. The van der Waals surface area contributed by atoms with Crippen LogP contribution in [0.1, 0.15) is 33.1 Å². The Kier molecular flexibility index (Phi) is 4.52. The van der Waals surface area contributed by atoms with Crippen molar-refractivity contribution in [2.24, 2.45) is 11.8 Å². The minimum atomic E-state index is -0.824. The number of nitrogens with one attached hydrogen (secondary N) is 1. The van der Waals surface area contributed by atoms with Gasteiger partial charge in [-0.3, -0.25) is 9.59 Å². The average molecular weight is 225 g/mol. The first-order valence-corrected chi connectivity index (χ1v) is 5.76. The average Bonchev–Trinajstić information content (AvgIpc) is 2.66. The minimum Gasteiger partial charge on any atom is -0.481 e. The fourth-order valence-electron chi connectivity index (χ4n) is 1.88. The highest BCUT2D eigenvalue weighted by Gasteiger charge is 2.26. The van der Waals surface area contributed by atoms with Crippen LogP contribution in [0.25, 0.3) is 0 Å². The van der Waals surface area contributed by atoms with E-state index in [4.69, 9.17) is 5.11 Å². The summed E-state index contributed by atoms with van der Waals surface area (Å²) in [4.78, 5) is 22.4. The van der Waals surface area contributed by atoms with Gasteiger partial charge >= 0.3 is 5.97 Å². The van der Waals surface area contributed by atoms with Crippen LogP contribution >= 0.6 is 0 Å². The number of carboxylic acids is 1. The topological polar surface area (TPSA) is 66.4 Å². The number of carbonyl (C=O) groups is 2. The van der Waals surface area contributed by atoms with Gasteiger partial charge in [-0.25, -0.2) is 0 Å². The van der Waals surface area contributed by atoms with Crippen molar-refractivity contribution in [1.29, 1.82) is 0 Å². The summed E-state index contributed by atoms with van der Waals surface area (Å²) in [6.45, 7) is 3.94. The lowest BCUT2D eigenvalue weighted by Gasteiger charge is -2.15. The molecule has 4 nitrogen and oxygen atoms in total. The molecule has 0 saturated carbocycles. The molecule has 0 radical (unpaired) electrons. The summed E-state index contributed by atoms with van der Waals surface area (Å²) in [6, 6.07) is -0.118. The van der Waals surface area contributed by atoms with Gasteiger partial charge < -0.3 is 10.4 Å². The van der Waals surface area contributed by atoms with Gasteiger partial charge in [0.1, 0.15) is 0 Å². The quantitative estimate of drug-likeness (QED) is 0.698. The molecule has 16 heavy (non-hydrogen) atoms. The normalized spacial score (nSPS) is 25.4. The number of carbonyl (C=O) groups excluding carboxylic acids is 1. The summed E-state index contributed by atoms with van der Waals surface area (Å²) in [6.07, 6.45) is 5.74. The molecule has 0 bridgehead atoms. The van der Waals surface area contributed by atoms with E-state index in [0.717, 1.165) is 12.8 Å². The molecule has 0 aromatic rings. The highest BCUT2D eigenvalue weighted by molar-refractivity contribution is 5.79. The van der Waals surface area contributed by atoms with E-state index in [1.54, 1.807) is 12.2 Å². The van der Waals surface area contributed by atoms with Gasteiger partial charge in [-0.1, -0.05) is 32.4 Å². The summed E-state index contributed by atoms with van der Waals surface area (Å²) < 4.78 is 0. The van der Waals surface area contributed by atoms with E-state index in [9.17, 15) is 9.59 Å². The third-order valence-corrected chi connectivity index (χ3v) is 2.90. The smallest absolute Gasteiger partial charge is 0.310 e. The van der Waals surface area contributed by atoms with Crippen molar-refractivity contribution in [3.8, 4) is 0 Å². The van der Waals surface area contributed by atoms with Gasteiger partial charge in [0.25, 0.3) is 0 Å². The predicted octanol–water partition coefficient (Wildman–Crippen LogP) is 1.57. The maximum absolute atomic E-state index is 11.7. The fourth-order valence-corrected chi connectivity index (χ4v) is 1.88. The summed E-state index contributed by atoms with van der Waals surface area (Å²) >= 11 is 0. The number of amides is 1. The predicted molar refractivity (Wildman–Crippen MR) is 60.9 cm³/mol. The van der Waals surface area contributed by atoms with Crippen molar-refractivity contribution in [2.75, 3.05) is 0 Å². The molecule has 90 valence electrons. The Morgan fingerprint density at radius 1 is 1.50 bits per heavy atom. The molecule has 0 heterocycles. The molecular weight excluding hydrogens is 206 g/mol. The monoisotopic (exact) mass is 225 g/mol. The Morgan fingerprint density at radius 3 is 2.69 bits per heavy atom. The Balaban J connectivity index is 2.37. The van der Waals surface area contributed by atoms with Gasteiger partial charge in [0.15, 0.2) is 0 Å². The third-order valence-electron chi connectivity index (χ3n) is 2.90. The molecule has 1 aliphatic carbocycles. The second kappa shape index (κ2) is 5.68. The Morgan fingerprint density at radius 2 is 2.19 bits per heavy atom. The van der Waals surface area contributed by atoms with E-state index in [1.807, 2.05) is 13.8 Å². The Hall–Kier alpha value is -1.32. The van der Waals surface area contributed by atoms with Gasteiger partial charge in [-0.15, -0.1) is 0 Å². The standard InChI is InChI=1S/C12H19NO3/c1-3-4-8(2)11(14)13-10-6-5-9(7-10)12(15)16/h5-6,8-10H,3-4,7H2,1-2H3,(H,13,14)(H,15,16). The Bertz CT molecular complexity index is 299. The fraction of sp³-hybridized carbons (Fsp3) is 0.667. The molecule has 3 unspecified atom stereocenters. The van der Waals surface area contributed by atoms with E-state index in [2.05, 4.69) is 5.32 Å². The van der Waals surface area contributed by atoms with Gasteiger partial charge in [0, 0.05) is 12.0 Å². The van der Waals surface area contributed by atoms with E-state index in [0.29, 0.717) is 6.42 Å². The zero-order valence-electron chi connectivity index (χ0n) is 9.77. The first-order valence-electron chi connectivity index (χ1n) is 5.76. The summed E-state index contributed by atoms with van der Waals surface area (Å²) in [5.74, 6) is -1.26. The van der Waals surface area contributed by atoms with Crippen LogP contribution in [0.15, 0.2) is 12.2 Å². The van der Waals surface area contributed by atoms with Gasteiger partial charge in [0.2, 0.25) is 5.91 Å². The van der Waals surface area contributed by atoms with Crippen LogP contribution in [-0.2, 0) is 9.59 Å². The molecule has 4 heteroatoms. The van der Waals surface area contributed by atoms with Crippen LogP contribution in [0.4, 0.5) is 0 Å². The second-order valence-corrected chi connectivity index (χ2v) is 4.37. The van der Waals surface area contributed by atoms with Gasteiger partial charge in [0.05, 0.1) is 5.92 Å². The number of hydrogen-bond acceptors (Lipinski definition) is 2. The molecule has 1 aliphatic rings. The van der Waals surface area contributed by atoms with Crippen LogP contribution in [-0.4, -0.2) is 23.0 Å². The lowest BCUT2D eigenvalue weighted by Crippen LogP contribution is -2.36. The van der Waals surface area contributed by atoms with E-state index in [1.165, 1.54) is 0 Å². The van der Waals surface area contributed by atoms with E-state index < -0.39 is 11.9 Å². The van der Waals surface area contributed by atoms with Crippen LogP contribution in [0, 0.1) is 11.8 Å². The van der Waals surface area contributed by atoms with Crippen molar-refractivity contribution < 1.29 is 14.7 Å². The minimum absolute atomic E-state index is 0.00211. The van der Waals surface area contributed by atoms with Gasteiger partial charge in [-0.05, 0) is 12.8 Å². The maximum Gasteiger partial charge on any atom is 0.310 e. The molecule has 0 aliphatic heterocycles. The van der Waals surface area contributed by atoms with Crippen molar-refractivity contribution in [1.82, 2.24) is 5.32 Å².